The Hall–Kier alpha value is -2.66. The fraction of sp³-hybridized carbons (Fsp3) is 0.417. The number of hydrogen-bond donors (Lipinski definition) is 0. The quantitative estimate of drug-likeness (QED) is 0.426. The second kappa shape index (κ2) is 6.99. The molecule has 1 amide bonds. The number of carbonyl (C=O) groups excluding carboxylic acids is 2. The maximum Gasteiger partial charge on any atom is 0.312 e. The molecule has 2 bridgehead atoms. The summed E-state index contributed by atoms with van der Waals surface area (Å²) >= 11 is 0. The Morgan fingerprint density at radius 1 is 1.21 bits per heavy atom. The molecule has 150 valence electrons. The summed E-state index contributed by atoms with van der Waals surface area (Å²) in [4.78, 5) is 28.1. The Kier molecular flexibility index (Phi) is 4.43. The molecule has 0 unspecified atom stereocenters. The maximum atomic E-state index is 13.5. The number of benzene rings is 2. The number of hydrogen-bond acceptors (Lipinski definition) is 4. The molecule has 1 spiro atoms. The number of rotatable bonds is 6. The van der Waals surface area contributed by atoms with Gasteiger partial charge >= 0.3 is 5.97 Å². The van der Waals surface area contributed by atoms with Crippen LogP contribution in [0.1, 0.15) is 26.2 Å². The van der Waals surface area contributed by atoms with E-state index in [0.717, 1.165) is 35.7 Å². The lowest BCUT2D eigenvalue weighted by atomic mass is 9.77. The highest BCUT2D eigenvalue weighted by molar-refractivity contribution is 6.08. The lowest BCUT2D eigenvalue weighted by Crippen LogP contribution is -2.40. The summed E-state index contributed by atoms with van der Waals surface area (Å²) in [5, 5.41) is 2.11. The van der Waals surface area contributed by atoms with Gasteiger partial charge in [0.05, 0.1) is 30.9 Å². The van der Waals surface area contributed by atoms with Crippen LogP contribution in [0, 0.1) is 11.8 Å². The third kappa shape index (κ3) is 2.79. The summed E-state index contributed by atoms with van der Waals surface area (Å²) in [6, 6.07) is 14.0. The third-order valence-electron chi connectivity index (χ3n) is 6.42. The predicted molar refractivity (Wildman–Crippen MR) is 111 cm³/mol. The van der Waals surface area contributed by atoms with E-state index >= 15 is 0 Å². The number of fused-ring (bicyclic) bond motifs is 2. The van der Waals surface area contributed by atoms with E-state index in [0.29, 0.717) is 13.2 Å². The second-order valence-electron chi connectivity index (χ2n) is 8.20. The zero-order chi connectivity index (χ0) is 20.0. The van der Waals surface area contributed by atoms with E-state index in [4.69, 9.17) is 9.47 Å². The molecule has 0 radical (unpaired) electrons. The molecule has 29 heavy (non-hydrogen) atoms. The van der Waals surface area contributed by atoms with E-state index in [2.05, 4.69) is 6.92 Å². The van der Waals surface area contributed by atoms with Crippen LogP contribution in [-0.4, -0.2) is 36.7 Å². The van der Waals surface area contributed by atoms with Crippen LogP contribution in [0.25, 0.3) is 10.8 Å². The van der Waals surface area contributed by atoms with Crippen molar-refractivity contribution >= 4 is 28.3 Å². The minimum Gasteiger partial charge on any atom is -0.465 e. The van der Waals surface area contributed by atoms with Gasteiger partial charge in [-0.3, -0.25) is 9.59 Å². The van der Waals surface area contributed by atoms with Crippen molar-refractivity contribution in [2.75, 3.05) is 18.1 Å². The van der Waals surface area contributed by atoms with Crippen molar-refractivity contribution in [3.05, 3.63) is 54.6 Å². The summed E-state index contributed by atoms with van der Waals surface area (Å²) in [5.41, 5.74) is 0.138. The van der Waals surface area contributed by atoms with Crippen molar-refractivity contribution < 1.29 is 19.1 Å². The van der Waals surface area contributed by atoms with Crippen molar-refractivity contribution in [2.45, 2.75) is 37.9 Å². The highest BCUT2D eigenvalue weighted by Gasteiger charge is 2.67. The van der Waals surface area contributed by atoms with Gasteiger partial charge in [-0.25, -0.2) is 0 Å². The van der Waals surface area contributed by atoms with E-state index in [1.54, 1.807) is 4.90 Å². The van der Waals surface area contributed by atoms with Gasteiger partial charge in [-0.05, 0) is 17.9 Å². The zero-order valence-electron chi connectivity index (χ0n) is 16.5. The topological polar surface area (TPSA) is 55.8 Å². The molecule has 0 aliphatic carbocycles. The second-order valence-corrected chi connectivity index (χ2v) is 8.20. The first-order valence-electron chi connectivity index (χ1n) is 10.5. The van der Waals surface area contributed by atoms with Crippen molar-refractivity contribution in [2.24, 2.45) is 11.8 Å². The summed E-state index contributed by atoms with van der Waals surface area (Å²) in [6.07, 6.45) is 6.48. The molecule has 5 nitrogen and oxygen atoms in total. The van der Waals surface area contributed by atoms with Gasteiger partial charge in [0.15, 0.2) is 0 Å². The Labute approximate surface area is 170 Å². The molecular weight excluding hydrogens is 366 g/mol. The minimum atomic E-state index is -0.730. The van der Waals surface area contributed by atoms with Crippen LogP contribution in [0.5, 0.6) is 0 Å². The average Bonchev–Trinajstić information content (AvgIpc) is 3.39. The molecule has 2 aromatic carbocycles. The first-order chi connectivity index (χ1) is 14.1. The predicted octanol–water partition coefficient (Wildman–Crippen LogP) is 3.86. The molecule has 2 fully saturated rings. The molecule has 5 rings (SSSR count). The number of amides is 1. The number of unbranched alkanes of at least 4 members (excludes halogenated alkanes) is 2. The van der Waals surface area contributed by atoms with Crippen LogP contribution in [0.2, 0.25) is 0 Å². The van der Waals surface area contributed by atoms with E-state index in [1.165, 1.54) is 0 Å². The van der Waals surface area contributed by atoms with Crippen molar-refractivity contribution in [1.29, 1.82) is 0 Å². The molecule has 0 N–H and O–H groups in total. The Morgan fingerprint density at radius 2 is 2.03 bits per heavy atom. The monoisotopic (exact) mass is 391 g/mol. The summed E-state index contributed by atoms with van der Waals surface area (Å²) in [7, 11) is 0. The molecule has 2 aromatic rings. The van der Waals surface area contributed by atoms with E-state index < -0.39 is 17.4 Å². The Morgan fingerprint density at radius 3 is 2.90 bits per heavy atom. The smallest absolute Gasteiger partial charge is 0.312 e. The van der Waals surface area contributed by atoms with Crippen LogP contribution in [0.4, 0.5) is 5.69 Å². The van der Waals surface area contributed by atoms with Gasteiger partial charge in [0.1, 0.15) is 11.5 Å². The summed E-state index contributed by atoms with van der Waals surface area (Å²) in [5.74, 6) is -1.44. The van der Waals surface area contributed by atoms with Crippen molar-refractivity contribution in [3.63, 3.8) is 0 Å². The van der Waals surface area contributed by atoms with Crippen LogP contribution < -0.4 is 4.90 Å². The molecule has 3 aliphatic heterocycles. The van der Waals surface area contributed by atoms with Crippen molar-refractivity contribution in [3.8, 4) is 0 Å². The standard InChI is InChI=1S/C24H25NO4/c1-2-3-6-14-28-23(27)20-19-12-13-24(29-19)15-25(22(26)21(20)24)18-11-7-9-16-8-4-5-10-17(16)18/h4-5,7-13,19-21H,2-3,6,14-15H2,1H3/t19-,20-,21-,24-/m0/s1. The molecule has 0 saturated carbocycles. The normalized spacial score (nSPS) is 29.6. The number of carbonyl (C=O) groups is 2. The van der Waals surface area contributed by atoms with Crippen LogP contribution in [0.15, 0.2) is 54.6 Å². The maximum absolute atomic E-state index is 13.5. The first kappa shape index (κ1) is 18.4. The fourth-order valence-corrected chi connectivity index (χ4v) is 5.04. The van der Waals surface area contributed by atoms with Crippen LogP contribution in [-0.2, 0) is 19.1 Å². The summed E-state index contributed by atoms with van der Waals surface area (Å²) in [6.45, 7) is 2.94. The minimum absolute atomic E-state index is 0.0521. The molecule has 5 heteroatoms. The van der Waals surface area contributed by atoms with Gasteiger partial charge < -0.3 is 14.4 Å². The van der Waals surface area contributed by atoms with Gasteiger partial charge in [-0.15, -0.1) is 0 Å². The van der Waals surface area contributed by atoms with E-state index in [-0.39, 0.29) is 18.0 Å². The lowest BCUT2D eigenvalue weighted by Gasteiger charge is -2.23. The fourth-order valence-electron chi connectivity index (χ4n) is 5.04. The number of ether oxygens (including phenoxy) is 2. The van der Waals surface area contributed by atoms with Gasteiger partial charge in [-0.1, -0.05) is 68.3 Å². The number of anilines is 1. The molecule has 4 atom stereocenters. The molecule has 3 heterocycles. The van der Waals surface area contributed by atoms with Gasteiger partial charge in [0.25, 0.3) is 0 Å². The molecule has 3 aliphatic rings. The van der Waals surface area contributed by atoms with Gasteiger partial charge in [0.2, 0.25) is 5.91 Å². The molecule has 2 saturated heterocycles. The number of esters is 1. The highest BCUT2D eigenvalue weighted by atomic mass is 16.6. The van der Waals surface area contributed by atoms with Crippen LogP contribution in [0.3, 0.4) is 0 Å². The number of nitrogens with zero attached hydrogens (tertiary/aromatic N) is 1. The summed E-state index contributed by atoms with van der Waals surface area (Å²) < 4.78 is 11.7. The Balaban J connectivity index is 1.44. The van der Waals surface area contributed by atoms with Crippen LogP contribution >= 0.6 is 0 Å². The lowest BCUT2D eigenvalue weighted by molar-refractivity contribution is -0.152. The molecule has 0 aromatic heterocycles. The zero-order valence-corrected chi connectivity index (χ0v) is 16.5. The Bertz CT molecular complexity index is 994. The van der Waals surface area contributed by atoms with E-state index in [9.17, 15) is 9.59 Å². The SMILES string of the molecule is CCCCCOC(=O)[C@H]1[C@@H]2C=C[C@@]3(CN(c4cccc5ccccc45)C(=O)[C@H]13)O2. The molecular formula is C24H25NO4. The van der Waals surface area contributed by atoms with E-state index in [1.807, 2.05) is 54.6 Å². The van der Waals surface area contributed by atoms with Gasteiger partial charge in [-0.2, -0.15) is 0 Å². The average molecular weight is 391 g/mol. The largest absolute Gasteiger partial charge is 0.465 e. The van der Waals surface area contributed by atoms with Crippen molar-refractivity contribution in [1.82, 2.24) is 0 Å². The third-order valence-corrected chi connectivity index (χ3v) is 6.42. The van der Waals surface area contributed by atoms with Gasteiger partial charge in [0, 0.05) is 5.39 Å². The first-order valence-corrected chi connectivity index (χ1v) is 10.5. The highest BCUT2D eigenvalue weighted by Crippen LogP contribution is 2.53.